The number of sulfonamides is 1. The van der Waals surface area contributed by atoms with Gasteiger partial charge >= 0.3 is 0 Å². The van der Waals surface area contributed by atoms with Gasteiger partial charge in [0.1, 0.15) is 0 Å². The smallest absolute Gasteiger partial charge is 0.240 e. The molecule has 0 bridgehead atoms. The van der Waals surface area contributed by atoms with E-state index < -0.39 is 10.0 Å². The summed E-state index contributed by atoms with van der Waals surface area (Å²) in [6.07, 6.45) is 6.42. The van der Waals surface area contributed by atoms with Crippen LogP contribution in [0.3, 0.4) is 0 Å². The molecule has 2 rings (SSSR count). The molecule has 1 saturated carbocycles. The second-order valence-electron chi connectivity index (χ2n) is 5.33. The van der Waals surface area contributed by atoms with Crippen LogP contribution in [0.5, 0.6) is 0 Å². The average Bonchev–Trinajstić information content (AvgIpc) is 2.95. The molecular weight excluding hydrogens is 330 g/mol. The zero-order valence-corrected chi connectivity index (χ0v) is 14.3. The second kappa shape index (κ2) is 6.87. The van der Waals surface area contributed by atoms with Gasteiger partial charge in [-0.1, -0.05) is 24.4 Å². The first-order valence-electron chi connectivity index (χ1n) is 6.86. The van der Waals surface area contributed by atoms with Crippen molar-refractivity contribution in [2.75, 3.05) is 12.8 Å². The van der Waals surface area contributed by atoms with Crippen LogP contribution >= 0.6 is 23.4 Å². The van der Waals surface area contributed by atoms with Crippen molar-refractivity contribution in [3.8, 4) is 0 Å². The largest absolute Gasteiger partial charge is 0.392 e. The Morgan fingerprint density at radius 3 is 2.62 bits per heavy atom. The summed E-state index contributed by atoms with van der Waals surface area (Å²) in [5.74, 6) is 0. The molecule has 0 aliphatic heterocycles. The standard InChI is InChI=1S/C14H20ClNO3S2/c1-20-14(6-2-3-7-14)10-16-21(18,19)12-4-5-13(15)11(8-12)9-17/h4-5,8,16-17H,2-3,6-7,9-10H2,1H3. The molecule has 2 N–H and O–H groups in total. The molecule has 0 spiro atoms. The Labute approximate surface area is 135 Å². The third kappa shape index (κ3) is 3.93. The minimum absolute atomic E-state index is 0.0132. The van der Waals surface area contributed by atoms with Crippen LogP contribution in [0.25, 0.3) is 0 Å². The molecule has 1 aliphatic carbocycles. The second-order valence-corrected chi connectivity index (χ2v) is 8.78. The molecule has 0 heterocycles. The number of thioether (sulfide) groups is 1. The molecule has 1 aromatic rings. The van der Waals surface area contributed by atoms with Crippen molar-refractivity contribution in [2.24, 2.45) is 0 Å². The molecule has 1 aromatic carbocycles. The van der Waals surface area contributed by atoms with Crippen molar-refractivity contribution < 1.29 is 13.5 Å². The Bertz CT molecular complexity index is 598. The zero-order valence-electron chi connectivity index (χ0n) is 11.9. The summed E-state index contributed by atoms with van der Waals surface area (Å²) in [5.41, 5.74) is 0.417. The maximum absolute atomic E-state index is 12.4. The van der Waals surface area contributed by atoms with E-state index in [2.05, 4.69) is 4.72 Å². The highest BCUT2D eigenvalue weighted by molar-refractivity contribution is 8.00. The third-order valence-corrected chi connectivity index (χ3v) is 7.22. The van der Waals surface area contributed by atoms with Gasteiger partial charge in [0.15, 0.2) is 0 Å². The summed E-state index contributed by atoms with van der Waals surface area (Å²) in [6.45, 7) is 0.157. The van der Waals surface area contributed by atoms with Crippen LogP contribution in [-0.2, 0) is 16.6 Å². The normalized spacial score (nSPS) is 18.0. The van der Waals surface area contributed by atoms with Crippen LogP contribution in [0.1, 0.15) is 31.2 Å². The monoisotopic (exact) mass is 349 g/mol. The number of aliphatic hydroxyl groups excluding tert-OH is 1. The number of benzene rings is 1. The van der Waals surface area contributed by atoms with Crippen LogP contribution in [0.4, 0.5) is 0 Å². The van der Waals surface area contributed by atoms with Crippen LogP contribution in [0, 0.1) is 0 Å². The minimum Gasteiger partial charge on any atom is -0.392 e. The summed E-state index contributed by atoms with van der Waals surface area (Å²) >= 11 is 7.63. The van der Waals surface area contributed by atoms with Gasteiger partial charge in [-0.15, -0.1) is 0 Å². The van der Waals surface area contributed by atoms with Crippen molar-refractivity contribution in [3.63, 3.8) is 0 Å². The number of nitrogens with one attached hydrogen (secondary N) is 1. The van der Waals surface area contributed by atoms with Gasteiger partial charge in [0, 0.05) is 16.3 Å². The Kier molecular flexibility index (Phi) is 5.59. The number of halogens is 1. The zero-order chi connectivity index (χ0) is 15.5. The molecule has 118 valence electrons. The Morgan fingerprint density at radius 1 is 1.38 bits per heavy atom. The quantitative estimate of drug-likeness (QED) is 0.828. The Morgan fingerprint density at radius 2 is 2.05 bits per heavy atom. The summed E-state index contributed by atoms with van der Waals surface area (Å²) in [5, 5.41) is 9.56. The van der Waals surface area contributed by atoms with Gasteiger partial charge in [0.2, 0.25) is 10.0 Å². The van der Waals surface area contributed by atoms with Crippen LogP contribution in [-0.4, -0.2) is 31.1 Å². The van der Waals surface area contributed by atoms with E-state index in [-0.39, 0.29) is 16.2 Å². The fourth-order valence-electron chi connectivity index (χ4n) is 2.62. The minimum atomic E-state index is -3.58. The van der Waals surface area contributed by atoms with Crippen molar-refractivity contribution in [1.29, 1.82) is 0 Å². The summed E-state index contributed by atoms with van der Waals surface area (Å²) in [7, 11) is -3.58. The van der Waals surface area contributed by atoms with E-state index in [1.807, 2.05) is 6.26 Å². The highest BCUT2D eigenvalue weighted by Gasteiger charge is 2.34. The van der Waals surface area contributed by atoms with E-state index in [1.54, 1.807) is 11.8 Å². The fraction of sp³-hybridized carbons (Fsp3) is 0.571. The number of hydrogen-bond donors (Lipinski definition) is 2. The van der Waals surface area contributed by atoms with Gasteiger partial charge in [-0.3, -0.25) is 0 Å². The summed E-state index contributed by atoms with van der Waals surface area (Å²) in [6, 6.07) is 4.39. The van der Waals surface area contributed by atoms with Crippen molar-refractivity contribution >= 4 is 33.4 Å². The number of rotatable bonds is 6. The molecule has 0 radical (unpaired) electrons. The highest BCUT2D eigenvalue weighted by atomic mass is 35.5. The highest BCUT2D eigenvalue weighted by Crippen LogP contribution is 2.39. The Hall–Kier alpha value is -0.270. The van der Waals surface area contributed by atoms with Gasteiger partial charge < -0.3 is 5.11 Å². The first-order chi connectivity index (χ1) is 9.92. The first-order valence-corrected chi connectivity index (χ1v) is 9.95. The molecule has 1 aliphatic rings. The lowest BCUT2D eigenvalue weighted by Crippen LogP contribution is -2.38. The number of aliphatic hydroxyl groups is 1. The first kappa shape index (κ1) is 17.1. The van der Waals surface area contributed by atoms with Gasteiger partial charge in [0.25, 0.3) is 0 Å². The SMILES string of the molecule is CSC1(CNS(=O)(=O)c2ccc(Cl)c(CO)c2)CCCC1. The molecule has 0 atom stereocenters. The third-order valence-electron chi connectivity index (χ3n) is 4.03. The molecule has 21 heavy (non-hydrogen) atoms. The Balaban J connectivity index is 2.15. The summed E-state index contributed by atoms with van der Waals surface area (Å²) in [4.78, 5) is 0.144. The molecule has 0 aromatic heterocycles. The lowest BCUT2D eigenvalue weighted by molar-refractivity contribution is 0.281. The van der Waals surface area contributed by atoms with Crippen LogP contribution in [0.15, 0.2) is 23.1 Å². The van der Waals surface area contributed by atoms with E-state index >= 15 is 0 Å². The van der Waals surface area contributed by atoms with Gasteiger partial charge in [-0.25, -0.2) is 13.1 Å². The van der Waals surface area contributed by atoms with E-state index in [0.29, 0.717) is 17.1 Å². The lowest BCUT2D eigenvalue weighted by Gasteiger charge is -2.26. The van der Waals surface area contributed by atoms with Crippen molar-refractivity contribution in [3.05, 3.63) is 28.8 Å². The molecule has 0 amide bonds. The van der Waals surface area contributed by atoms with Crippen LogP contribution < -0.4 is 4.72 Å². The topological polar surface area (TPSA) is 66.4 Å². The molecule has 0 saturated heterocycles. The summed E-state index contributed by atoms with van der Waals surface area (Å²) < 4.78 is 27.5. The van der Waals surface area contributed by atoms with Gasteiger partial charge in [-0.2, -0.15) is 11.8 Å². The fourth-order valence-corrected chi connectivity index (χ4v) is 4.98. The molecule has 1 fully saturated rings. The van der Waals surface area contributed by atoms with Gasteiger partial charge in [-0.05, 0) is 42.9 Å². The molecule has 0 unspecified atom stereocenters. The van der Waals surface area contributed by atoms with Crippen molar-refractivity contribution in [2.45, 2.75) is 41.9 Å². The van der Waals surface area contributed by atoms with Gasteiger partial charge in [0.05, 0.1) is 11.5 Å². The predicted octanol–water partition coefficient (Wildman–Crippen LogP) is 2.79. The molecule has 4 nitrogen and oxygen atoms in total. The lowest BCUT2D eigenvalue weighted by atomic mass is 10.1. The molecule has 7 heteroatoms. The maximum Gasteiger partial charge on any atom is 0.240 e. The van der Waals surface area contributed by atoms with E-state index in [9.17, 15) is 13.5 Å². The predicted molar refractivity (Wildman–Crippen MR) is 87.3 cm³/mol. The van der Waals surface area contributed by atoms with E-state index in [4.69, 9.17) is 11.6 Å². The van der Waals surface area contributed by atoms with Crippen LogP contribution in [0.2, 0.25) is 5.02 Å². The van der Waals surface area contributed by atoms with Crippen molar-refractivity contribution in [1.82, 2.24) is 4.72 Å². The number of hydrogen-bond acceptors (Lipinski definition) is 4. The molecular formula is C14H20ClNO3S2. The average molecular weight is 350 g/mol. The van der Waals surface area contributed by atoms with E-state index in [0.717, 1.165) is 25.7 Å². The van der Waals surface area contributed by atoms with E-state index in [1.165, 1.54) is 18.2 Å². The maximum atomic E-state index is 12.4.